The topological polar surface area (TPSA) is 43.9 Å². The Kier molecular flexibility index (Phi) is 4.58. The fourth-order valence-corrected chi connectivity index (χ4v) is 4.39. The molecule has 5 heteroatoms. The van der Waals surface area contributed by atoms with Crippen LogP contribution in [0.2, 0.25) is 0 Å². The van der Waals surface area contributed by atoms with Crippen LogP contribution in [0.15, 0.2) is 36.0 Å². The van der Waals surface area contributed by atoms with Crippen LogP contribution in [0.4, 0.5) is 5.69 Å². The van der Waals surface area contributed by atoms with Crippen LogP contribution in [0.1, 0.15) is 32.3 Å². The predicted molar refractivity (Wildman–Crippen MR) is 107 cm³/mol. The molecule has 0 aromatic heterocycles. The molecule has 2 aliphatic heterocycles. The van der Waals surface area contributed by atoms with Gasteiger partial charge in [0.15, 0.2) is 5.78 Å². The number of benzene rings is 1. The van der Waals surface area contributed by atoms with Crippen LogP contribution in [0.5, 0.6) is 0 Å². The van der Waals surface area contributed by atoms with E-state index in [4.69, 9.17) is 0 Å². The van der Waals surface area contributed by atoms with Gasteiger partial charge in [-0.25, -0.2) is 0 Å². The van der Waals surface area contributed by atoms with Gasteiger partial charge in [-0.1, -0.05) is 32.0 Å². The summed E-state index contributed by atoms with van der Waals surface area (Å²) in [4.78, 5) is 31.2. The summed E-state index contributed by atoms with van der Waals surface area (Å²) in [5, 5.41) is 0. The Morgan fingerprint density at radius 3 is 2.41 bits per heavy atom. The SMILES string of the molecule is CN1/C(=C\C(=O)CN2CCN(C(=O)C3CC3)CC2)C(C)(C)c2ccccc21. The summed E-state index contributed by atoms with van der Waals surface area (Å²) in [6.07, 6.45) is 3.93. The number of anilines is 1. The fraction of sp³-hybridized carbons (Fsp3) is 0.545. The third kappa shape index (κ3) is 3.41. The van der Waals surface area contributed by atoms with Gasteiger partial charge in [0, 0.05) is 62.0 Å². The second kappa shape index (κ2) is 6.79. The molecule has 3 aliphatic rings. The summed E-state index contributed by atoms with van der Waals surface area (Å²) in [6.45, 7) is 7.84. The van der Waals surface area contributed by atoms with Crippen molar-refractivity contribution >= 4 is 17.4 Å². The van der Waals surface area contributed by atoms with E-state index in [0.717, 1.165) is 44.7 Å². The number of nitrogens with zero attached hydrogens (tertiary/aromatic N) is 3. The fourth-order valence-electron chi connectivity index (χ4n) is 4.39. The number of hydrogen-bond acceptors (Lipinski definition) is 4. The highest BCUT2D eigenvalue weighted by molar-refractivity contribution is 5.94. The molecular formula is C22H29N3O2. The number of hydrogen-bond donors (Lipinski definition) is 0. The summed E-state index contributed by atoms with van der Waals surface area (Å²) >= 11 is 0. The molecule has 1 saturated heterocycles. The number of likely N-dealkylation sites (N-methyl/N-ethyl adjacent to an activating group) is 1. The second-order valence-corrected chi connectivity index (χ2v) is 8.57. The van der Waals surface area contributed by atoms with E-state index in [1.807, 2.05) is 24.1 Å². The van der Waals surface area contributed by atoms with E-state index in [2.05, 4.69) is 41.8 Å². The third-order valence-corrected chi connectivity index (χ3v) is 6.23. The minimum absolute atomic E-state index is 0.139. The second-order valence-electron chi connectivity index (χ2n) is 8.57. The third-order valence-electron chi connectivity index (χ3n) is 6.23. The van der Waals surface area contributed by atoms with Gasteiger partial charge in [0.25, 0.3) is 0 Å². The molecule has 0 bridgehead atoms. The molecule has 0 unspecified atom stereocenters. The Bertz CT molecular complexity index is 787. The van der Waals surface area contributed by atoms with Gasteiger partial charge in [-0.3, -0.25) is 14.5 Å². The highest BCUT2D eigenvalue weighted by Gasteiger charge is 2.39. The number of ketones is 1. The average molecular weight is 367 g/mol. The molecule has 4 rings (SSSR count). The van der Waals surface area contributed by atoms with Crippen LogP contribution >= 0.6 is 0 Å². The molecule has 1 aromatic carbocycles. The molecule has 0 atom stereocenters. The lowest BCUT2D eigenvalue weighted by Crippen LogP contribution is -2.50. The maximum Gasteiger partial charge on any atom is 0.225 e. The zero-order valence-corrected chi connectivity index (χ0v) is 16.6. The van der Waals surface area contributed by atoms with Gasteiger partial charge >= 0.3 is 0 Å². The van der Waals surface area contributed by atoms with E-state index in [-0.39, 0.29) is 17.1 Å². The number of para-hydroxylation sites is 1. The van der Waals surface area contributed by atoms with E-state index in [9.17, 15) is 9.59 Å². The van der Waals surface area contributed by atoms with Crippen LogP contribution in [0.3, 0.4) is 0 Å². The molecular weight excluding hydrogens is 338 g/mol. The van der Waals surface area contributed by atoms with Crippen LogP contribution in [-0.2, 0) is 15.0 Å². The number of carbonyl (C=O) groups is 2. The Hall–Kier alpha value is -2.14. The predicted octanol–water partition coefficient (Wildman–Crippen LogP) is 2.42. The van der Waals surface area contributed by atoms with Crippen molar-refractivity contribution in [1.29, 1.82) is 0 Å². The van der Waals surface area contributed by atoms with Gasteiger partial charge in [0.05, 0.1) is 6.54 Å². The highest BCUT2D eigenvalue weighted by atomic mass is 16.2. The molecule has 5 nitrogen and oxygen atoms in total. The van der Waals surface area contributed by atoms with E-state index in [1.165, 1.54) is 11.3 Å². The van der Waals surface area contributed by atoms with Crippen molar-refractivity contribution in [1.82, 2.24) is 9.80 Å². The van der Waals surface area contributed by atoms with Crippen LogP contribution in [-0.4, -0.2) is 61.3 Å². The van der Waals surface area contributed by atoms with Crippen LogP contribution in [0.25, 0.3) is 0 Å². The molecule has 1 amide bonds. The number of allylic oxidation sites excluding steroid dienone is 1. The molecule has 144 valence electrons. The van der Waals surface area contributed by atoms with Gasteiger partial charge in [-0.15, -0.1) is 0 Å². The highest BCUT2D eigenvalue weighted by Crippen LogP contribution is 2.46. The molecule has 2 fully saturated rings. The minimum Gasteiger partial charge on any atom is -0.347 e. The standard InChI is InChI=1S/C22H29N3O2/c1-22(2)18-6-4-5-7-19(18)23(3)20(22)14-17(26)15-24-10-12-25(13-11-24)21(27)16-8-9-16/h4-7,14,16H,8-13,15H2,1-3H3/b20-14-. The first-order valence-corrected chi connectivity index (χ1v) is 9.97. The summed E-state index contributed by atoms with van der Waals surface area (Å²) in [5.74, 6) is 0.736. The van der Waals surface area contributed by atoms with E-state index >= 15 is 0 Å². The van der Waals surface area contributed by atoms with Crippen molar-refractivity contribution in [3.63, 3.8) is 0 Å². The monoisotopic (exact) mass is 367 g/mol. The molecule has 1 aromatic rings. The van der Waals surface area contributed by atoms with E-state index in [0.29, 0.717) is 12.5 Å². The van der Waals surface area contributed by atoms with Crippen molar-refractivity contribution in [2.45, 2.75) is 32.1 Å². The lowest BCUT2D eigenvalue weighted by Gasteiger charge is -2.34. The molecule has 1 aliphatic carbocycles. The molecule has 1 saturated carbocycles. The van der Waals surface area contributed by atoms with Crippen molar-refractivity contribution in [3.05, 3.63) is 41.6 Å². The summed E-state index contributed by atoms with van der Waals surface area (Å²) in [6, 6.07) is 8.35. The van der Waals surface area contributed by atoms with Gasteiger partial charge in [0.1, 0.15) is 0 Å². The Morgan fingerprint density at radius 2 is 1.78 bits per heavy atom. The summed E-state index contributed by atoms with van der Waals surface area (Å²) < 4.78 is 0. The van der Waals surface area contributed by atoms with Gasteiger partial charge in [-0.05, 0) is 24.5 Å². The maximum atomic E-state index is 12.8. The largest absolute Gasteiger partial charge is 0.347 e. The lowest BCUT2D eigenvalue weighted by atomic mass is 9.83. The van der Waals surface area contributed by atoms with E-state index < -0.39 is 0 Å². The molecule has 0 N–H and O–H groups in total. The van der Waals surface area contributed by atoms with Gasteiger partial charge in [0.2, 0.25) is 5.91 Å². The number of rotatable bonds is 4. The molecule has 0 spiro atoms. The van der Waals surface area contributed by atoms with Crippen molar-refractivity contribution < 1.29 is 9.59 Å². The number of fused-ring (bicyclic) bond motifs is 1. The quantitative estimate of drug-likeness (QED) is 0.767. The maximum absolute atomic E-state index is 12.8. The summed E-state index contributed by atoms with van der Waals surface area (Å²) in [5.41, 5.74) is 3.32. The summed E-state index contributed by atoms with van der Waals surface area (Å²) in [7, 11) is 2.04. The van der Waals surface area contributed by atoms with E-state index in [1.54, 1.807) is 0 Å². The minimum atomic E-state index is -0.170. The van der Waals surface area contributed by atoms with Crippen molar-refractivity contribution in [2.24, 2.45) is 5.92 Å². The van der Waals surface area contributed by atoms with Gasteiger partial charge in [-0.2, -0.15) is 0 Å². The van der Waals surface area contributed by atoms with Crippen LogP contribution in [0, 0.1) is 5.92 Å². The van der Waals surface area contributed by atoms with Gasteiger partial charge < -0.3 is 9.80 Å². The zero-order valence-electron chi connectivity index (χ0n) is 16.6. The normalized spacial score (nSPS) is 23.6. The first-order valence-electron chi connectivity index (χ1n) is 9.97. The van der Waals surface area contributed by atoms with Crippen molar-refractivity contribution in [2.75, 3.05) is 44.7 Å². The first-order chi connectivity index (χ1) is 12.9. The Morgan fingerprint density at radius 1 is 1.11 bits per heavy atom. The van der Waals surface area contributed by atoms with Crippen LogP contribution < -0.4 is 4.90 Å². The number of amides is 1. The number of piperazine rings is 1. The first kappa shape index (κ1) is 18.2. The lowest BCUT2D eigenvalue weighted by molar-refractivity contribution is -0.134. The van der Waals surface area contributed by atoms with Crippen molar-refractivity contribution in [3.8, 4) is 0 Å². The Labute approximate surface area is 161 Å². The average Bonchev–Trinajstić information content (AvgIpc) is 3.48. The Balaban J connectivity index is 1.39. The molecule has 27 heavy (non-hydrogen) atoms. The zero-order chi connectivity index (χ0) is 19.2. The smallest absolute Gasteiger partial charge is 0.225 e. The molecule has 0 radical (unpaired) electrons. The number of carbonyl (C=O) groups excluding carboxylic acids is 2. The molecule has 2 heterocycles.